The van der Waals surface area contributed by atoms with Crippen molar-refractivity contribution in [2.45, 2.75) is 30.7 Å². The zero-order chi connectivity index (χ0) is 13.2. The second-order valence-electron chi connectivity index (χ2n) is 4.58. The van der Waals surface area contributed by atoms with Crippen LogP contribution in [0.4, 0.5) is 0 Å². The van der Waals surface area contributed by atoms with Crippen molar-refractivity contribution in [1.29, 1.82) is 0 Å². The van der Waals surface area contributed by atoms with Crippen molar-refractivity contribution >= 4 is 26.0 Å². The number of sulfonamides is 1. The Morgan fingerprint density at radius 3 is 2.83 bits per heavy atom. The molecule has 2 rings (SSSR count). The largest absolute Gasteiger partial charge is 0.315 e. The molecule has 1 atom stereocenters. The predicted octanol–water partition coefficient (Wildman–Crippen LogP) is 1.79. The second-order valence-corrected chi connectivity index (χ2v) is 7.14. The van der Waals surface area contributed by atoms with E-state index in [-0.39, 0.29) is 6.04 Å². The van der Waals surface area contributed by atoms with Gasteiger partial charge in [-0.15, -0.1) is 0 Å². The van der Waals surface area contributed by atoms with Gasteiger partial charge in [0.2, 0.25) is 10.0 Å². The average Bonchev–Trinajstić information content (AvgIpc) is 2.33. The van der Waals surface area contributed by atoms with Gasteiger partial charge < -0.3 is 5.32 Å². The van der Waals surface area contributed by atoms with Gasteiger partial charge in [-0.25, -0.2) is 13.1 Å². The zero-order valence-electron chi connectivity index (χ0n) is 10.2. The Hall–Kier alpha value is -0.430. The molecule has 0 aliphatic carbocycles. The Morgan fingerprint density at radius 2 is 2.22 bits per heavy atom. The summed E-state index contributed by atoms with van der Waals surface area (Å²) in [5, 5.41) is 3.19. The van der Waals surface area contributed by atoms with Gasteiger partial charge in [-0.05, 0) is 50.1 Å². The van der Waals surface area contributed by atoms with E-state index in [1.165, 1.54) is 0 Å². The third kappa shape index (κ3) is 3.32. The third-order valence-corrected chi connectivity index (χ3v) is 5.47. The second kappa shape index (κ2) is 5.69. The van der Waals surface area contributed by atoms with Gasteiger partial charge in [0.15, 0.2) is 0 Å². The van der Waals surface area contributed by atoms with E-state index in [4.69, 9.17) is 0 Å². The van der Waals surface area contributed by atoms with Crippen LogP contribution in [0.1, 0.15) is 18.4 Å². The van der Waals surface area contributed by atoms with E-state index in [1.54, 1.807) is 18.2 Å². The fourth-order valence-electron chi connectivity index (χ4n) is 2.02. The number of halogens is 1. The van der Waals surface area contributed by atoms with Crippen molar-refractivity contribution in [3.63, 3.8) is 0 Å². The number of nitrogens with one attached hydrogen (secondary N) is 2. The Bertz CT molecular complexity index is 525. The molecule has 2 N–H and O–H groups in total. The van der Waals surface area contributed by atoms with Crippen LogP contribution in [0.5, 0.6) is 0 Å². The van der Waals surface area contributed by atoms with Gasteiger partial charge >= 0.3 is 0 Å². The lowest BCUT2D eigenvalue weighted by molar-refractivity contribution is 0.428. The smallest absolute Gasteiger partial charge is 0.240 e. The monoisotopic (exact) mass is 332 g/mol. The van der Waals surface area contributed by atoms with Crippen LogP contribution in [0, 0.1) is 6.92 Å². The van der Waals surface area contributed by atoms with Gasteiger partial charge in [0.25, 0.3) is 0 Å². The Morgan fingerprint density at radius 1 is 1.44 bits per heavy atom. The van der Waals surface area contributed by atoms with Crippen molar-refractivity contribution in [2.75, 3.05) is 13.1 Å². The summed E-state index contributed by atoms with van der Waals surface area (Å²) in [7, 11) is -3.41. The minimum absolute atomic E-state index is 0.00676. The summed E-state index contributed by atoms with van der Waals surface area (Å²) >= 11 is 3.37. The van der Waals surface area contributed by atoms with Crippen LogP contribution in [-0.4, -0.2) is 27.5 Å². The van der Waals surface area contributed by atoms with Crippen molar-refractivity contribution in [3.8, 4) is 0 Å². The quantitative estimate of drug-likeness (QED) is 0.887. The van der Waals surface area contributed by atoms with Crippen molar-refractivity contribution < 1.29 is 8.42 Å². The average molecular weight is 333 g/mol. The minimum Gasteiger partial charge on any atom is -0.315 e. The Balaban J connectivity index is 2.16. The van der Waals surface area contributed by atoms with Crippen LogP contribution >= 0.6 is 15.9 Å². The molecule has 18 heavy (non-hydrogen) atoms. The summed E-state index contributed by atoms with van der Waals surface area (Å²) in [5.41, 5.74) is 0.916. The molecule has 1 aliphatic rings. The highest BCUT2D eigenvalue weighted by molar-refractivity contribution is 9.10. The van der Waals surface area contributed by atoms with Crippen LogP contribution in [0.3, 0.4) is 0 Å². The SMILES string of the molecule is Cc1cc(S(=O)(=O)N[C@@H]2CCCNC2)ccc1Br. The van der Waals surface area contributed by atoms with Crippen LogP contribution in [-0.2, 0) is 10.0 Å². The lowest BCUT2D eigenvalue weighted by Crippen LogP contribution is -2.45. The van der Waals surface area contributed by atoms with Gasteiger partial charge in [0.1, 0.15) is 0 Å². The van der Waals surface area contributed by atoms with E-state index < -0.39 is 10.0 Å². The van der Waals surface area contributed by atoms with Crippen LogP contribution < -0.4 is 10.0 Å². The fraction of sp³-hybridized carbons (Fsp3) is 0.500. The molecule has 0 spiro atoms. The van der Waals surface area contributed by atoms with Gasteiger partial charge in [0, 0.05) is 17.1 Å². The molecular weight excluding hydrogens is 316 g/mol. The number of rotatable bonds is 3. The molecule has 0 amide bonds. The molecule has 0 radical (unpaired) electrons. The lowest BCUT2D eigenvalue weighted by atomic mass is 10.1. The molecule has 0 aromatic heterocycles. The van der Waals surface area contributed by atoms with E-state index in [2.05, 4.69) is 26.0 Å². The summed E-state index contributed by atoms with van der Waals surface area (Å²) in [4.78, 5) is 0.328. The normalized spacial score (nSPS) is 20.9. The topological polar surface area (TPSA) is 58.2 Å². The maximum Gasteiger partial charge on any atom is 0.240 e. The van der Waals surface area contributed by atoms with Gasteiger partial charge in [-0.2, -0.15) is 0 Å². The van der Waals surface area contributed by atoms with Crippen LogP contribution in [0.15, 0.2) is 27.6 Å². The summed E-state index contributed by atoms with van der Waals surface area (Å²) in [5.74, 6) is 0. The molecule has 1 heterocycles. The number of benzene rings is 1. The lowest BCUT2D eigenvalue weighted by Gasteiger charge is -2.23. The maximum absolute atomic E-state index is 12.2. The maximum atomic E-state index is 12.2. The first-order valence-electron chi connectivity index (χ1n) is 5.98. The third-order valence-electron chi connectivity index (χ3n) is 3.06. The van der Waals surface area contributed by atoms with Gasteiger partial charge in [-0.3, -0.25) is 0 Å². The van der Waals surface area contributed by atoms with Gasteiger partial charge in [0.05, 0.1) is 4.90 Å². The first kappa shape index (κ1) is 14.0. The highest BCUT2D eigenvalue weighted by atomic mass is 79.9. The van der Waals surface area contributed by atoms with E-state index in [0.717, 1.165) is 29.4 Å². The fourth-order valence-corrected chi connectivity index (χ4v) is 3.63. The molecule has 1 aliphatic heterocycles. The Labute approximate surface area is 116 Å². The van der Waals surface area contributed by atoms with E-state index in [9.17, 15) is 8.42 Å². The number of aryl methyl sites for hydroxylation is 1. The van der Waals surface area contributed by atoms with Crippen molar-refractivity contribution in [1.82, 2.24) is 10.0 Å². The van der Waals surface area contributed by atoms with Crippen LogP contribution in [0.2, 0.25) is 0 Å². The van der Waals surface area contributed by atoms with E-state index in [0.29, 0.717) is 11.4 Å². The molecule has 0 bridgehead atoms. The van der Waals surface area contributed by atoms with Gasteiger partial charge in [-0.1, -0.05) is 15.9 Å². The first-order chi connectivity index (χ1) is 8.49. The molecule has 1 fully saturated rings. The molecule has 0 unspecified atom stereocenters. The molecular formula is C12H17BrN2O2S. The van der Waals surface area contributed by atoms with Crippen molar-refractivity contribution in [2.24, 2.45) is 0 Å². The highest BCUT2D eigenvalue weighted by Crippen LogP contribution is 2.20. The number of piperidine rings is 1. The molecule has 1 aromatic carbocycles. The molecule has 4 nitrogen and oxygen atoms in total. The zero-order valence-corrected chi connectivity index (χ0v) is 12.6. The summed E-state index contributed by atoms with van der Waals surface area (Å²) in [6.07, 6.45) is 1.90. The summed E-state index contributed by atoms with van der Waals surface area (Å²) < 4.78 is 28.1. The standard InChI is InChI=1S/C12H17BrN2O2S/c1-9-7-11(4-5-12(9)13)18(16,17)15-10-3-2-6-14-8-10/h4-5,7,10,14-15H,2-3,6,8H2,1H3/t10-/m1/s1. The highest BCUT2D eigenvalue weighted by Gasteiger charge is 2.21. The summed E-state index contributed by atoms with van der Waals surface area (Å²) in [6.45, 7) is 3.55. The first-order valence-corrected chi connectivity index (χ1v) is 8.26. The van der Waals surface area contributed by atoms with Crippen molar-refractivity contribution in [3.05, 3.63) is 28.2 Å². The number of hydrogen-bond acceptors (Lipinski definition) is 3. The van der Waals surface area contributed by atoms with E-state index in [1.807, 2.05) is 6.92 Å². The molecule has 0 saturated carbocycles. The Kier molecular flexibility index (Phi) is 4.42. The summed E-state index contributed by atoms with van der Waals surface area (Å²) in [6, 6.07) is 5.06. The van der Waals surface area contributed by atoms with E-state index >= 15 is 0 Å². The molecule has 1 aromatic rings. The minimum atomic E-state index is -3.41. The molecule has 1 saturated heterocycles. The van der Waals surface area contributed by atoms with Crippen LogP contribution in [0.25, 0.3) is 0 Å². The molecule has 6 heteroatoms. The number of hydrogen-bond donors (Lipinski definition) is 2. The molecule has 100 valence electrons. The predicted molar refractivity (Wildman–Crippen MR) is 75.1 cm³/mol.